The molecule has 0 radical (unpaired) electrons. The molecule has 0 saturated heterocycles. The number of halogens is 1. The van der Waals surface area contributed by atoms with Gasteiger partial charge in [0.1, 0.15) is 5.69 Å². The van der Waals surface area contributed by atoms with Crippen LogP contribution in [0.2, 0.25) is 5.02 Å². The van der Waals surface area contributed by atoms with Crippen LogP contribution in [0.25, 0.3) is 0 Å². The quantitative estimate of drug-likeness (QED) is 0.875. The fourth-order valence-electron chi connectivity index (χ4n) is 2.18. The Labute approximate surface area is 125 Å². The van der Waals surface area contributed by atoms with E-state index in [0.717, 1.165) is 6.54 Å². The minimum Gasteiger partial charge on any atom is -0.379 e. The van der Waals surface area contributed by atoms with E-state index in [0.29, 0.717) is 35.0 Å². The van der Waals surface area contributed by atoms with Crippen LogP contribution in [0.3, 0.4) is 0 Å². The van der Waals surface area contributed by atoms with Gasteiger partial charge in [-0.2, -0.15) is 5.10 Å². The zero-order valence-electron chi connectivity index (χ0n) is 12.5. The van der Waals surface area contributed by atoms with Crippen molar-refractivity contribution in [3.05, 3.63) is 21.6 Å². The van der Waals surface area contributed by atoms with Crippen molar-refractivity contribution in [2.75, 3.05) is 11.9 Å². The number of aromatic nitrogens is 2. The number of hydrogen-bond acceptors (Lipinski definition) is 3. The van der Waals surface area contributed by atoms with Crippen molar-refractivity contribution in [1.29, 1.82) is 0 Å². The van der Waals surface area contributed by atoms with Gasteiger partial charge in [0, 0.05) is 13.1 Å². The van der Waals surface area contributed by atoms with Crippen molar-refractivity contribution in [2.24, 2.45) is 17.8 Å². The third-order valence-corrected chi connectivity index (χ3v) is 4.68. The van der Waals surface area contributed by atoms with Gasteiger partial charge in [-0.15, -0.1) is 0 Å². The Bertz CT molecular complexity index is 508. The number of nitrogens with zero attached hydrogens (tertiary/aromatic N) is 2. The SMILES string of the molecule is CC(C)C(C)CNc1c(Cl)cnn(CC2CCC2)c1=O. The van der Waals surface area contributed by atoms with Crippen molar-refractivity contribution in [3.63, 3.8) is 0 Å². The van der Waals surface area contributed by atoms with Gasteiger partial charge in [0.15, 0.2) is 0 Å². The molecule has 1 aromatic heterocycles. The van der Waals surface area contributed by atoms with Gasteiger partial charge in [-0.05, 0) is 30.6 Å². The van der Waals surface area contributed by atoms with Gasteiger partial charge < -0.3 is 5.32 Å². The fraction of sp³-hybridized carbons (Fsp3) is 0.733. The van der Waals surface area contributed by atoms with E-state index < -0.39 is 0 Å². The summed E-state index contributed by atoms with van der Waals surface area (Å²) >= 11 is 6.11. The minimum atomic E-state index is -0.0969. The van der Waals surface area contributed by atoms with Crippen LogP contribution in [-0.4, -0.2) is 16.3 Å². The summed E-state index contributed by atoms with van der Waals surface area (Å²) in [5, 5.41) is 7.77. The van der Waals surface area contributed by atoms with Crippen molar-refractivity contribution >= 4 is 17.3 Å². The van der Waals surface area contributed by atoms with E-state index >= 15 is 0 Å². The lowest BCUT2D eigenvalue weighted by Crippen LogP contribution is -2.31. The zero-order valence-corrected chi connectivity index (χ0v) is 13.3. The molecule has 0 spiro atoms. The van der Waals surface area contributed by atoms with E-state index in [-0.39, 0.29) is 5.56 Å². The summed E-state index contributed by atoms with van der Waals surface area (Å²) in [6, 6.07) is 0. The fourth-order valence-corrected chi connectivity index (χ4v) is 2.37. The maximum atomic E-state index is 12.4. The molecule has 1 fully saturated rings. The highest BCUT2D eigenvalue weighted by atomic mass is 35.5. The second kappa shape index (κ2) is 6.61. The summed E-state index contributed by atoms with van der Waals surface area (Å²) in [5.41, 5.74) is 0.397. The molecule has 1 aliphatic rings. The largest absolute Gasteiger partial charge is 0.379 e. The highest BCUT2D eigenvalue weighted by Crippen LogP contribution is 2.27. The average molecular weight is 298 g/mol. The van der Waals surface area contributed by atoms with E-state index in [1.165, 1.54) is 19.3 Å². The molecule has 4 nitrogen and oxygen atoms in total. The van der Waals surface area contributed by atoms with Gasteiger partial charge >= 0.3 is 0 Å². The number of nitrogens with one attached hydrogen (secondary N) is 1. The lowest BCUT2D eigenvalue weighted by atomic mass is 9.85. The smallest absolute Gasteiger partial charge is 0.291 e. The lowest BCUT2D eigenvalue weighted by Gasteiger charge is -2.25. The van der Waals surface area contributed by atoms with Crippen molar-refractivity contribution in [3.8, 4) is 0 Å². The summed E-state index contributed by atoms with van der Waals surface area (Å²) in [5.74, 6) is 1.66. The van der Waals surface area contributed by atoms with E-state index in [2.05, 4.69) is 31.2 Å². The Balaban J connectivity index is 2.10. The molecule has 112 valence electrons. The minimum absolute atomic E-state index is 0.0969. The Morgan fingerprint density at radius 1 is 1.45 bits per heavy atom. The molecule has 0 aliphatic heterocycles. The van der Waals surface area contributed by atoms with Crippen molar-refractivity contribution < 1.29 is 0 Å². The maximum absolute atomic E-state index is 12.4. The predicted octanol–water partition coefficient (Wildman–Crippen LogP) is 3.40. The van der Waals surface area contributed by atoms with Crippen LogP contribution < -0.4 is 10.9 Å². The van der Waals surface area contributed by atoms with E-state index in [4.69, 9.17) is 11.6 Å². The molecule has 0 amide bonds. The summed E-state index contributed by atoms with van der Waals surface area (Å²) in [7, 11) is 0. The lowest BCUT2D eigenvalue weighted by molar-refractivity contribution is 0.262. The standard InChI is InChI=1S/C15H24ClN3O/c1-10(2)11(3)7-17-14-13(16)8-18-19(15(14)20)9-12-5-4-6-12/h8,10-12,17H,4-7,9H2,1-3H3. The first kappa shape index (κ1) is 15.4. The number of rotatable bonds is 6. The average Bonchev–Trinajstić information content (AvgIpc) is 2.35. The predicted molar refractivity (Wildman–Crippen MR) is 83.3 cm³/mol. The van der Waals surface area contributed by atoms with Crippen LogP contribution >= 0.6 is 11.6 Å². The van der Waals surface area contributed by atoms with Crippen LogP contribution in [0.1, 0.15) is 40.0 Å². The number of anilines is 1. The van der Waals surface area contributed by atoms with Gasteiger partial charge in [-0.1, -0.05) is 38.8 Å². The van der Waals surface area contributed by atoms with Gasteiger partial charge in [0.25, 0.3) is 5.56 Å². The number of hydrogen-bond donors (Lipinski definition) is 1. The van der Waals surface area contributed by atoms with Crippen LogP contribution in [0.5, 0.6) is 0 Å². The molecule has 5 heteroatoms. The van der Waals surface area contributed by atoms with Crippen LogP contribution in [-0.2, 0) is 6.54 Å². The monoisotopic (exact) mass is 297 g/mol. The Hall–Kier alpha value is -1.03. The second-order valence-electron chi connectivity index (χ2n) is 6.25. The molecule has 1 atom stereocenters. The summed E-state index contributed by atoms with van der Waals surface area (Å²) in [6.07, 6.45) is 5.24. The molecule has 1 N–H and O–H groups in total. The van der Waals surface area contributed by atoms with E-state index in [1.54, 1.807) is 10.9 Å². The molecule has 1 saturated carbocycles. The highest BCUT2D eigenvalue weighted by molar-refractivity contribution is 6.32. The van der Waals surface area contributed by atoms with Gasteiger partial charge in [-0.3, -0.25) is 4.79 Å². The molecule has 20 heavy (non-hydrogen) atoms. The first-order chi connectivity index (χ1) is 9.49. The Morgan fingerprint density at radius 2 is 2.15 bits per heavy atom. The summed E-state index contributed by atoms with van der Waals surface area (Å²) in [6.45, 7) is 7.98. The molecular weight excluding hydrogens is 274 g/mol. The first-order valence-corrected chi connectivity index (χ1v) is 7.86. The topological polar surface area (TPSA) is 46.9 Å². The third-order valence-electron chi connectivity index (χ3n) is 4.39. The third kappa shape index (κ3) is 3.54. The van der Waals surface area contributed by atoms with E-state index in [1.807, 2.05) is 0 Å². The van der Waals surface area contributed by atoms with Crippen LogP contribution in [0.4, 0.5) is 5.69 Å². The maximum Gasteiger partial charge on any atom is 0.291 e. The normalized spacial score (nSPS) is 17.1. The summed E-state index contributed by atoms with van der Waals surface area (Å²) in [4.78, 5) is 12.4. The summed E-state index contributed by atoms with van der Waals surface area (Å²) < 4.78 is 1.55. The van der Waals surface area contributed by atoms with Gasteiger partial charge in [-0.25, -0.2) is 4.68 Å². The Morgan fingerprint density at radius 3 is 2.70 bits per heavy atom. The second-order valence-corrected chi connectivity index (χ2v) is 6.66. The molecule has 1 aromatic rings. The zero-order chi connectivity index (χ0) is 14.7. The molecular formula is C15H24ClN3O. The van der Waals surface area contributed by atoms with E-state index in [9.17, 15) is 4.79 Å². The Kier molecular flexibility index (Phi) is 5.08. The van der Waals surface area contributed by atoms with Crippen LogP contribution in [0.15, 0.2) is 11.0 Å². The van der Waals surface area contributed by atoms with Crippen molar-refractivity contribution in [1.82, 2.24) is 9.78 Å². The molecule has 0 aromatic carbocycles. The van der Waals surface area contributed by atoms with Gasteiger partial charge in [0.2, 0.25) is 0 Å². The molecule has 0 bridgehead atoms. The molecule has 1 unspecified atom stereocenters. The highest BCUT2D eigenvalue weighted by Gasteiger charge is 2.20. The first-order valence-electron chi connectivity index (χ1n) is 7.48. The van der Waals surface area contributed by atoms with Crippen molar-refractivity contribution in [2.45, 2.75) is 46.6 Å². The molecule has 2 rings (SSSR count). The van der Waals surface area contributed by atoms with Crippen LogP contribution in [0, 0.1) is 17.8 Å². The molecule has 1 aliphatic carbocycles. The molecule has 1 heterocycles. The van der Waals surface area contributed by atoms with Gasteiger partial charge in [0.05, 0.1) is 11.2 Å².